The van der Waals surface area contributed by atoms with Crippen molar-refractivity contribution in [1.29, 1.82) is 0 Å². The highest BCUT2D eigenvalue weighted by atomic mass is 19.1. The lowest BCUT2D eigenvalue weighted by Crippen LogP contribution is -2.40. The smallest absolute Gasteiger partial charge is 0.243 e. The number of carbonyl (C=O) groups is 1. The van der Waals surface area contributed by atoms with Gasteiger partial charge in [-0.3, -0.25) is 4.79 Å². The van der Waals surface area contributed by atoms with Crippen LogP contribution in [0.25, 0.3) is 0 Å². The van der Waals surface area contributed by atoms with Gasteiger partial charge < -0.3 is 20.3 Å². The molecule has 2 N–H and O–H groups in total. The molecule has 0 bridgehead atoms. The molecule has 0 spiro atoms. The molecular formula is C15H23FN4O2. The predicted molar refractivity (Wildman–Crippen MR) is 84.6 cm³/mol. The Morgan fingerprint density at radius 3 is 2.77 bits per heavy atom. The minimum Gasteiger partial charge on any atom is -0.492 e. The molecule has 1 rings (SSSR count). The van der Waals surface area contributed by atoms with E-state index in [0.29, 0.717) is 31.4 Å². The van der Waals surface area contributed by atoms with Crippen LogP contribution in [0.1, 0.15) is 6.92 Å². The van der Waals surface area contributed by atoms with Gasteiger partial charge in [0.05, 0.1) is 6.54 Å². The number of aliphatic imine (C=N–C) groups is 1. The highest BCUT2D eigenvalue weighted by molar-refractivity contribution is 5.84. The van der Waals surface area contributed by atoms with Crippen molar-refractivity contribution in [1.82, 2.24) is 15.5 Å². The lowest BCUT2D eigenvalue weighted by atomic mass is 10.3. The van der Waals surface area contributed by atoms with Gasteiger partial charge in [-0.1, -0.05) is 6.07 Å². The zero-order valence-electron chi connectivity index (χ0n) is 13.2. The van der Waals surface area contributed by atoms with Gasteiger partial charge in [0.15, 0.2) is 5.96 Å². The van der Waals surface area contributed by atoms with Crippen LogP contribution in [0.15, 0.2) is 29.3 Å². The van der Waals surface area contributed by atoms with E-state index in [9.17, 15) is 9.18 Å². The Morgan fingerprint density at radius 2 is 2.14 bits per heavy atom. The first-order chi connectivity index (χ1) is 10.5. The van der Waals surface area contributed by atoms with Gasteiger partial charge in [0.25, 0.3) is 0 Å². The second kappa shape index (κ2) is 9.59. The topological polar surface area (TPSA) is 66.0 Å². The van der Waals surface area contributed by atoms with Crippen molar-refractivity contribution < 1.29 is 13.9 Å². The van der Waals surface area contributed by atoms with E-state index in [2.05, 4.69) is 15.6 Å². The maximum Gasteiger partial charge on any atom is 0.243 e. The number of hydrogen-bond donors (Lipinski definition) is 2. The molecule has 0 saturated heterocycles. The van der Waals surface area contributed by atoms with Crippen LogP contribution in [0.4, 0.5) is 4.39 Å². The van der Waals surface area contributed by atoms with Crippen LogP contribution in [0.2, 0.25) is 0 Å². The molecule has 122 valence electrons. The molecule has 1 aromatic carbocycles. The Kier molecular flexibility index (Phi) is 7.74. The van der Waals surface area contributed by atoms with Crippen LogP contribution >= 0.6 is 0 Å². The Bertz CT molecular complexity index is 506. The maximum absolute atomic E-state index is 13.0. The summed E-state index contributed by atoms with van der Waals surface area (Å²) in [6, 6.07) is 5.98. The van der Waals surface area contributed by atoms with Crippen molar-refractivity contribution in [2.24, 2.45) is 4.99 Å². The Labute approximate surface area is 130 Å². The van der Waals surface area contributed by atoms with Crippen LogP contribution in [-0.2, 0) is 4.79 Å². The van der Waals surface area contributed by atoms with Crippen molar-refractivity contribution in [2.75, 3.05) is 40.3 Å². The average molecular weight is 310 g/mol. The summed E-state index contributed by atoms with van der Waals surface area (Å²) in [4.78, 5) is 17.2. The molecule has 0 heterocycles. The summed E-state index contributed by atoms with van der Waals surface area (Å²) in [6.07, 6.45) is 0. The van der Waals surface area contributed by atoms with Crippen molar-refractivity contribution >= 4 is 11.9 Å². The highest BCUT2D eigenvalue weighted by Crippen LogP contribution is 2.11. The minimum atomic E-state index is -0.331. The second-order valence-electron chi connectivity index (χ2n) is 4.72. The van der Waals surface area contributed by atoms with Gasteiger partial charge in [-0.25, -0.2) is 9.38 Å². The Hall–Kier alpha value is -2.31. The molecule has 0 saturated carbocycles. The van der Waals surface area contributed by atoms with E-state index in [1.807, 2.05) is 6.92 Å². The van der Waals surface area contributed by atoms with Gasteiger partial charge in [0, 0.05) is 26.7 Å². The van der Waals surface area contributed by atoms with Crippen molar-refractivity contribution in [3.63, 3.8) is 0 Å². The SMILES string of the molecule is CCNC(=NCC(=O)N(C)C)NCCOc1cccc(F)c1. The summed E-state index contributed by atoms with van der Waals surface area (Å²) in [5, 5.41) is 6.09. The minimum absolute atomic E-state index is 0.0757. The van der Waals surface area contributed by atoms with Gasteiger partial charge in [0.2, 0.25) is 5.91 Å². The molecule has 7 heteroatoms. The lowest BCUT2D eigenvalue weighted by molar-refractivity contribution is -0.127. The number of hydrogen-bond acceptors (Lipinski definition) is 3. The molecular weight excluding hydrogens is 287 g/mol. The van der Waals surface area contributed by atoms with Gasteiger partial charge in [-0.05, 0) is 19.1 Å². The van der Waals surface area contributed by atoms with E-state index in [-0.39, 0.29) is 18.3 Å². The molecule has 22 heavy (non-hydrogen) atoms. The van der Waals surface area contributed by atoms with Crippen molar-refractivity contribution in [3.05, 3.63) is 30.1 Å². The molecule has 0 radical (unpaired) electrons. The average Bonchev–Trinajstić information content (AvgIpc) is 2.48. The first-order valence-electron chi connectivity index (χ1n) is 7.13. The summed E-state index contributed by atoms with van der Waals surface area (Å²) in [5.74, 6) is 0.614. The van der Waals surface area contributed by atoms with Gasteiger partial charge in [0.1, 0.15) is 24.7 Å². The van der Waals surface area contributed by atoms with E-state index in [1.165, 1.54) is 17.0 Å². The van der Waals surface area contributed by atoms with Crippen molar-refractivity contribution in [2.45, 2.75) is 6.92 Å². The second-order valence-corrected chi connectivity index (χ2v) is 4.72. The quantitative estimate of drug-likeness (QED) is 0.445. The molecule has 0 aliphatic heterocycles. The first-order valence-corrected chi connectivity index (χ1v) is 7.13. The third-order valence-electron chi connectivity index (χ3n) is 2.67. The zero-order chi connectivity index (χ0) is 16.4. The summed E-state index contributed by atoms with van der Waals surface area (Å²) in [6.45, 7) is 3.54. The third kappa shape index (κ3) is 6.92. The van der Waals surface area contributed by atoms with E-state index in [4.69, 9.17) is 4.74 Å². The first kappa shape index (κ1) is 17.7. The number of guanidine groups is 1. The van der Waals surface area contributed by atoms with Crippen LogP contribution < -0.4 is 15.4 Å². The molecule has 0 fully saturated rings. The summed E-state index contributed by atoms with van der Waals surface area (Å²) >= 11 is 0. The monoisotopic (exact) mass is 310 g/mol. The number of rotatable bonds is 7. The largest absolute Gasteiger partial charge is 0.492 e. The molecule has 1 amide bonds. The predicted octanol–water partition coefficient (Wildman–Crippen LogP) is 0.848. The normalized spacial score (nSPS) is 11.0. The Balaban J connectivity index is 2.37. The molecule has 0 atom stereocenters. The van der Waals surface area contributed by atoms with Crippen LogP contribution in [0.5, 0.6) is 5.75 Å². The summed E-state index contributed by atoms with van der Waals surface area (Å²) in [5.41, 5.74) is 0. The number of amides is 1. The van der Waals surface area contributed by atoms with Gasteiger partial charge in [-0.2, -0.15) is 0 Å². The molecule has 0 aliphatic carbocycles. The molecule has 0 aromatic heterocycles. The molecule has 6 nitrogen and oxygen atoms in total. The number of ether oxygens (including phenoxy) is 1. The number of nitrogens with one attached hydrogen (secondary N) is 2. The van der Waals surface area contributed by atoms with E-state index < -0.39 is 0 Å². The van der Waals surface area contributed by atoms with E-state index in [0.717, 1.165) is 0 Å². The number of carbonyl (C=O) groups excluding carboxylic acids is 1. The fourth-order valence-corrected chi connectivity index (χ4v) is 1.52. The van der Waals surface area contributed by atoms with Gasteiger partial charge >= 0.3 is 0 Å². The highest BCUT2D eigenvalue weighted by Gasteiger charge is 2.04. The van der Waals surface area contributed by atoms with Gasteiger partial charge in [-0.15, -0.1) is 0 Å². The molecule has 0 aliphatic rings. The van der Waals surface area contributed by atoms with E-state index >= 15 is 0 Å². The zero-order valence-corrected chi connectivity index (χ0v) is 13.2. The summed E-state index contributed by atoms with van der Waals surface area (Å²) < 4.78 is 18.4. The molecule has 0 unspecified atom stereocenters. The fourth-order valence-electron chi connectivity index (χ4n) is 1.52. The standard InChI is InChI=1S/C15H23FN4O2/c1-4-17-15(19-11-14(21)20(2)3)18-8-9-22-13-7-5-6-12(16)10-13/h5-7,10H,4,8-9,11H2,1-3H3,(H2,17,18,19). The Morgan fingerprint density at radius 1 is 1.36 bits per heavy atom. The number of likely N-dealkylation sites (N-methyl/N-ethyl adjacent to an activating group) is 1. The lowest BCUT2D eigenvalue weighted by Gasteiger charge is -2.13. The maximum atomic E-state index is 13.0. The summed E-state index contributed by atoms with van der Waals surface area (Å²) in [7, 11) is 3.37. The van der Waals surface area contributed by atoms with Crippen LogP contribution in [0.3, 0.4) is 0 Å². The van der Waals surface area contributed by atoms with E-state index in [1.54, 1.807) is 26.2 Å². The third-order valence-corrected chi connectivity index (χ3v) is 2.67. The molecule has 1 aromatic rings. The number of halogens is 1. The number of benzene rings is 1. The number of nitrogens with zero attached hydrogens (tertiary/aromatic N) is 2. The van der Waals surface area contributed by atoms with Crippen LogP contribution in [0, 0.1) is 5.82 Å². The van der Waals surface area contributed by atoms with Crippen molar-refractivity contribution in [3.8, 4) is 5.75 Å². The van der Waals surface area contributed by atoms with Crippen LogP contribution in [-0.4, -0.2) is 57.1 Å². The fraction of sp³-hybridized carbons (Fsp3) is 0.467.